The molecule has 0 fully saturated rings. The summed E-state index contributed by atoms with van der Waals surface area (Å²) < 4.78 is 0. The van der Waals surface area contributed by atoms with Crippen molar-refractivity contribution in [1.29, 1.82) is 0 Å². The van der Waals surface area contributed by atoms with E-state index in [0.717, 1.165) is 28.4 Å². The standard InChI is InChI=1S/C50H37N3/c1-50(2)43-31-40(49-52-47(36-16-7-4-8-17-36)51-48(53-49)39-26-23-33-15-9-10-18-37(33)29-39)27-28-42(43)46-44(50)30-38-19-11-12-20-41(38)45(46)35-24-21-34(22-25-35)32-13-5-3-6-14-32/h3-31,47H,1-2H3,(H,51,52,53). The maximum Gasteiger partial charge on any atom is 0.159 e. The molecular formula is C50H37N3. The van der Waals surface area contributed by atoms with Crippen molar-refractivity contribution in [2.24, 2.45) is 9.98 Å². The lowest BCUT2D eigenvalue weighted by Gasteiger charge is -2.25. The predicted octanol–water partition coefficient (Wildman–Crippen LogP) is 12.1. The van der Waals surface area contributed by atoms with Crippen molar-refractivity contribution < 1.29 is 0 Å². The fourth-order valence-corrected chi connectivity index (χ4v) is 8.31. The quantitative estimate of drug-likeness (QED) is 0.193. The van der Waals surface area contributed by atoms with E-state index < -0.39 is 0 Å². The van der Waals surface area contributed by atoms with Gasteiger partial charge in [0, 0.05) is 16.5 Å². The van der Waals surface area contributed by atoms with Crippen LogP contribution in [0.2, 0.25) is 0 Å². The maximum atomic E-state index is 5.24. The highest BCUT2D eigenvalue weighted by atomic mass is 15.2. The summed E-state index contributed by atoms with van der Waals surface area (Å²) in [6, 6.07) is 63.2. The van der Waals surface area contributed by atoms with Crippen LogP contribution in [0, 0.1) is 0 Å². The fraction of sp³-hybridized carbons (Fsp3) is 0.0800. The molecule has 0 aromatic heterocycles. The van der Waals surface area contributed by atoms with Crippen LogP contribution >= 0.6 is 0 Å². The van der Waals surface area contributed by atoms with Crippen LogP contribution in [0.15, 0.2) is 186 Å². The molecule has 0 saturated heterocycles. The first-order valence-electron chi connectivity index (χ1n) is 18.4. The minimum atomic E-state index is -0.264. The lowest BCUT2D eigenvalue weighted by Crippen LogP contribution is -2.33. The van der Waals surface area contributed by atoms with Crippen LogP contribution in [0.3, 0.4) is 0 Å². The van der Waals surface area contributed by atoms with E-state index in [2.05, 4.69) is 189 Å². The van der Waals surface area contributed by atoms with Gasteiger partial charge in [-0.1, -0.05) is 172 Å². The van der Waals surface area contributed by atoms with Crippen molar-refractivity contribution in [2.75, 3.05) is 0 Å². The molecule has 2 aliphatic rings. The van der Waals surface area contributed by atoms with Gasteiger partial charge in [0.05, 0.1) is 0 Å². The lowest BCUT2D eigenvalue weighted by atomic mass is 9.80. The Morgan fingerprint density at radius 1 is 0.472 bits per heavy atom. The molecule has 1 aliphatic carbocycles. The van der Waals surface area contributed by atoms with Crippen molar-refractivity contribution >= 4 is 33.2 Å². The van der Waals surface area contributed by atoms with Crippen LogP contribution in [0.5, 0.6) is 0 Å². The van der Waals surface area contributed by atoms with Crippen LogP contribution in [-0.2, 0) is 5.41 Å². The summed E-state index contributed by atoms with van der Waals surface area (Å²) in [6.07, 6.45) is -0.264. The molecule has 0 bridgehead atoms. The Kier molecular flexibility index (Phi) is 7.23. The number of hydrogen-bond donors (Lipinski definition) is 1. The fourth-order valence-electron chi connectivity index (χ4n) is 8.31. The SMILES string of the molecule is CC1(C)c2cc(C3=NC(c4ccccc4)NC(c4ccc5ccccc5c4)=N3)ccc2-c2c1cc1ccccc1c2-c1ccc(-c2ccccc2)cc1. The average Bonchev–Trinajstić information content (AvgIpc) is 3.45. The zero-order valence-corrected chi connectivity index (χ0v) is 29.7. The number of fused-ring (bicyclic) bond motifs is 5. The second-order valence-electron chi connectivity index (χ2n) is 14.7. The molecule has 53 heavy (non-hydrogen) atoms. The molecule has 0 amide bonds. The Morgan fingerprint density at radius 2 is 1.09 bits per heavy atom. The van der Waals surface area contributed by atoms with Crippen molar-refractivity contribution in [2.45, 2.75) is 25.4 Å². The highest BCUT2D eigenvalue weighted by molar-refractivity contribution is 6.15. The Bertz CT molecular complexity index is 2760. The first kappa shape index (κ1) is 31.2. The Labute approximate surface area is 310 Å². The highest BCUT2D eigenvalue weighted by Crippen LogP contribution is 2.54. The number of rotatable bonds is 5. The monoisotopic (exact) mass is 679 g/mol. The molecule has 8 aromatic rings. The molecule has 1 atom stereocenters. The van der Waals surface area contributed by atoms with Crippen molar-refractivity contribution in [3.63, 3.8) is 0 Å². The van der Waals surface area contributed by atoms with Crippen LogP contribution in [-0.4, -0.2) is 11.7 Å². The summed E-state index contributed by atoms with van der Waals surface area (Å²) in [5.41, 5.74) is 13.1. The van der Waals surface area contributed by atoms with E-state index in [-0.39, 0.29) is 11.6 Å². The normalized spacial score (nSPS) is 15.7. The molecule has 1 heterocycles. The molecule has 1 aliphatic heterocycles. The summed E-state index contributed by atoms with van der Waals surface area (Å²) in [5, 5.41) is 8.57. The van der Waals surface area contributed by atoms with E-state index >= 15 is 0 Å². The number of nitrogens with zero attached hydrogens (tertiary/aromatic N) is 2. The molecule has 0 spiro atoms. The lowest BCUT2D eigenvalue weighted by molar-refractivity contribution is 0.660. The second kappa shape index (κ2) is 12.3. The first-order valence-corrected chi connectivity index (χ1v) is 18.4. The highest BCUT2D eigenvalue weighted by Gasteiger charge is 2.38. The van der Waals surface area contributed by atoms with Gasteiger partial charge >= 0.3 is 0 Å². The molecule has 3 nitrogen and oxygen atoms in total. The average molecular weight is 680 g/mol. The van der Waals surface area contributed by atoms with Gasteiger partial charge in [-0.15, -0.1) is 0 Å². The molecule has 0 radical (unpaired) electrons. The third-order valence-electron chi connectivity index (χ3n) is 11.1. The van der Waals surface area contributed by atoms with Gasteiger partial charge in [0.25, 0.3) is 0 Å². The van der Waals surface area contributed by atoms with Crippen LogP contribution < -0.4 is 5.32 Å². The van der Waals surface area contributed by atoms with E-state index in [9.17, 15) is 0 Å². The van der Waals surface area contributed by atoms with Crippen LogP contribution in [0.1, 0.15) is 47.8 Å². The van der Waals surface area contributed by atoms with Crippen molar-refractivity contribution in [1.82, 2.24) is 5.32 Å². The molecule has 0 saturated carbocycles. The molecule has 1 unspecified atom stereocenters. The van der Waals surface area contributed by atoms with Gasteiger partial charge in [-0.3, -0.25) is 0 Å². The zero-order valence-electron chi connectivity index (χ0n) is 29.7. The molecule has 1 N–H and O–H groups in total. The summed E-state index contributed by atoms with van der Waals surface area (Å²) in [6.45, 7) is 4.72. The molecule has 8 aromatic carbocycles. The van der Waals surface area contributed by atoms with Crippen LogP contribution in [0.4, 0.5) is 0 Å². The maximum absolute atomic E-state index is 5.24. The summed E-state index contributed by atoms with van der Waals surface area (Å²) in [5.74, 6) is 1.56. The van der Waals surface area contributed by atoms with Gasteiger partial charge in [-0.05, 0) is 89.8 Å². The van der Waals surface area contributed by atoms with E-state index in [0.29, 0.717) is 0 Å². The molecular weight excluding hydrogens is 643 g/mol. The number of benzene rings is 8. The minimum absolute atomic E-state index is 0.235. The number of hydrogen-bond acceptors (Lipinski definition) is 3. The molecule has 10 rings (SSSR count). The third-order valence-corrected chi connectivity index (χ3v) is 11.1. The third kappa shape index (κ3) is 5.27. The number of amidine groups is 2. The van der Waals surface area contributed by atoms with Gasteiger partial charge in [0.15, 0.2) is 5.84 Å². The van der Waals surface area contributed by atoms with Gasteiger partial charge in [-0.25, -0.2) is 9.98 Å². The van der Waals surface area contributed by atoms with Gasteiger partial charge < -0.3 is 5.32 Å². The Hall–Kier alpha value is -6.58. The molecule has 252 valence electrons. The van der Waals surface area contributed by atoms with Crippen molar-refractivity contribution in [3.8, 4) is 33.4 Å². The van der Waals surface area contributed by atoms with E-state index in [1.807, 2.05) is 6.07 Å². The summed E-state index contributed by atoms with van der Waals surface area (Å²) in [4.78, 5) is 10.5. The van der Waals surface area contributed by atoms with Crippen LogP contribution in [0.25, 0.3) is 54.9 Å². The zero-order chi connectivity index (χ0) is 35.5. The Morgan fingerprint density at radius 3 is 1.89 bits per heavy atom. The van der Waals surface area contributed by atoms with E-state index in [1.54, 1.807) is 0 Å². The number of aliphatic imine (C=N–C) groups is 2. The van der Waals surface area contributed by atoms with Gasteiger partial charge in [0.2, 0.25) is 0 Å². The summed E-state index contributed by atoms with van der Waals surface area (Å²) >= 11 is 0. The van der Waals surface area contributed by atoms with E-state index in [1.165, 1.54) is 66.1 Å². The minimum Gasteiger partial charge on any atom is -0.344 e. The van der Waals surface area contributed by atoms with Gasteiger partial charge in [0.1, 0.15) is 12.0 Å². The predicted molar refractivity (Wildman–Crippen MR) is 222 cm³/mol. The smallest absolute Gasteiger partial charge is 0.159 e. The van der Waals surface area contributed by atoms with E-state index in [4.69, 9.17) is 9.98 Å². The molecule has 3 heteroatoms. The Balaban J connectivity index is 1.12. The number of nitrogens with one attached hydrogen (secondary N) is 1. The van der Waals surface area contributed by atoms with Gasteiger partial charge in [-0.2, -0.15) is 0 Å². The second-order valence-corrected chi connectivity index (χ2v) is 14.7. The topological polar surface area (TPSA) is 36.8 Å². The largest absolute Gasteiger partial charge is 0.344 e. The van der Waals surface area contributed by atoms with Crippen molar-refractivity contribution in [3.05, 3.63) is 204 Å². The first-order chi connectivity index (χ1) is 26.0. The summed E-state index contributed by atoms with van der Waals surface area (Å²) in [7, 11) is 0.